The van der Waals surface area contributed by atoms with Crippen molar-refractivity contribution in [3.05, 3.63) is 83.0 Å². The number of hydrogen-bond acceptors (Lipinski definition) is 7. The molecule has 0 unspecified atom stereocenters. The van der Waals surface area contributed by atoms with E-state index in [9.17, 15) is 9.59 Å². The topological polar surface area (TPSA) is 112 Å². The predicted molar refractivity (Wildman–Crippen MR) is 118 cm³/mol. The second-order valence-corrected chi connectivity index (χ2v) is 6.94. The number of benzene rings is 2. The maximum Gasteiger partial charge on any atom is 0.349 e. The average Bonchev–Trinajstić information content (AvgIpc) is 3.27. The van der Waals surface area contributed by atoms with Crippen molar-refractivity contribution in [2.24, 2.45) is 0 Å². The second-order valence-electron chi connectivity index (χ2n) is 6.94. The van der Waals surface area contributed by atoms with Gasteiger partial charge in [-0.1, -0.05) is 24.3 Å². The van der Waals surface area contributed by atoms with Gasteiger partial charge >= 0.3 is 5.63 Å². The van der Waals surface area contributed by atoms with E-state index >= 15 is 0 Å². The molecule has 158 valence electrons. The smallest absolute Gasteiger partial charge is 0.349 e. The van der Waals surface area contributed by atoms with Gasteiger partial charge < -0.3 is 14.5 Å². The van der Waals surface area contributed by atoms with Crippen molar-refractivity contribution in [1.82, 2.24) is 19.8 Å². The zero-order valence-corrected chi connectivity index (χ0v) is 17.0. The van der Waals surface area contributed by atoms with Gasteiger partial charge in [-0.2, -0.15) is 9.61 Å². The van der Waals surface area contributed by atoms with E-state index < -0.39 is 11.5 Å². The molecule has 1 amide bonds. The van der Waals surface area contributed by atoms with Gasteiger partial charge in [0.2, 0.25) is 0 Å². The quantitative estimate of drug-likeness (QED) is 0.427. The van der Waals surface area contributed by atoms with E-state index in [1.165, 1.54) is 12.4 Å². The summed E-state index contributed by atoms with van der Waals surface area (Å²) in [5.41, 5.74) is 2.09. The zero-order valence-electron chi connectivity index (χ0n) is 17.0. The van der Waals surface area contributed by atoms with Crippen molar-refractivity contribution in [1.29, 1.82) is 0 Å². The fourth-order valence-electron chi connectivity index (χ4n) is 3.38. The van der Waals surface area contributed by atoms with Crippen molar-refractivity contribution in [3.63, 3.8) is 0 Å². The van der Waals surface area contributed by atoms with Crippen LogP contribution in [0.3, 0.4) is 0 Å². The lowest BCUT2D eigenvalue weighted by atomic mass is 10.1. The highest BCUT2D eigenvalue weighted by molar-refractivity contribution is 6.05. The van der Waals surface area contributed by atoms with Crippen molar-refractivity contribution < 1.29 is 13.9 Å². The Morgan fingerprint density at radius 3 is 2.88 bits per heavy atom. The zero-order chi connectivity index (χ0) is 22.1. The molecule has 0 bridgehead atoms. The lowest BCUT2D eigenvalue weighted by Crippen LogP contribution is -2.20. The second kappa shape index (κ2) is 7.95. The molecule has 2 aromatic carbocycles. The van der Waals surface area contributed by atoms with Crippen LogP contribution in [0.4, 0.5) is 5.69 Å². The number of aromatic nitrogens is 4. The Morgan fingerprint density at radius 1 is 1.12 bits per heavy atom. The van der Waals surface area contributed by atoms with Gasteiger partial charge in [-0.25, -0.2) is 4.79 Å². The van der Waals surface area contributed by atoms with Crippen LogP contribution in [0.1, 0.15) is 17.3 Å². The Balaban J connectivity index is 1.45. The van der Waals surface area contributed by atoms with E-state index in [0.717, 1.165) is 5.56 Å². The Labute approximate surface area is 181 Å². The number of carbonyl (C=O) groups is 1. The third-order valence-corrected chi connectivity index (χ3v) is 4.85. The predicted octanol–water partition coefficient (Wildman–Crippen LogP) is 3.55. The monoisotopic (exact) mass is 427 g/mol. The molecule has 0 radical (unpaired) electrons. The van der Waals surface area contributed by atoms with Gasteiger partial charge in [0, 0.05) is 16.6 Å². The van der Waals surface area contributed by atoms with Crippen LogP contribution in [0, 0.1) is 0 Å². The molecule has 0 saturated heterocycles. The number of nitrogens with one attached hydrogen (secondary N) is 1. The minimum atomic E-state index is -0.738. The van der Waals surface area contributed by atoms with Crippen LogP contribution < -0.4 is 15.7 Å². The molecule has 0 aliphatic heterocycles. The van der Waals surface area contributed by atoms with Gasteiger partial charge in [-0.05, 0) is 43.3 Å². The fourth-order valence-corrected chi connectivity index (χ4v) is 3.38. The van der Waals surface area contributed by atoms with Gasteiger partial charge in [-0.15, -0.1) is 10.2 Å². The molecule has 0 spiro atoms. The molecule has 32 heavy (non-hydrogen) atoms. The Hall–Kier alpha value is -4.53. The molecule has 5 aromatic rings. The summed E-state index contributed by atoms with van der Waals surface area (Å²) in [5.74, 6) is -0.110. The molecule has 0 aliphatic rings. The van der Waals surface area contributed by atoms with Gasteiger partial charge in [0.15, 0.2) is 17.0 Å². The largest absolute Gasteiger partial charge is 0.490 e. The Morgan fingerprint density at radius 2 is 2.00 bits per heavy atom. The standard InChI is InChI=1S/C23H17N5O4/c1-2-31-19-8-4-6-15-12-17(23(30)32-21(15)19)22(29)25-16-7-3-5-14(11-16)18-9-10-20-26-24-13-28(20)27-18/h3-13H,2H2,1H3,(H,25,29). The molecule has 9 nitrogen and oxygen atoms in total. The highest BCUT2D eigenvalue weighted by atomic mass is 16.5. The SMILES string of the molecule is CCOc1cccc2cc(C(=O)Nc3cccc(-c4ccc5nncn5n4)c3)c(=O)oc12. The van der Waals surface area contributed by atoms with Crippen molar-refractivity contribution >= 4 is 28.2 Å². The van der Waals surface area contributed by atoms with E-state index in [2.05, 4.69) is 20.6 Å². The summed E-state index contributed by atoms with van der Waals surface area (Å²) < 4.78 is 12.5. The highest BCUT2D eigenvalue weighted by Crippen LogP contribution is 2.25. The number of ether oxygens (including phenoxy) is 1. The number of amides is 1. The van der Waals surface area contributed by atoms with Crippen LogP contribution in [-0.4, -0.2) is 32.3 Å². The lowest BCUT2D eigenvalue weighted by Gasteiger charge is -2.09. The molecule has 0 atom stereocenters. The van der Waals surface area contributed by atoms with Gasteiger partial charge in [0.1, 0.15) is 11.9 Å². The summed E-state index contributed by atoms with van der Waals surface area (Å²) in [5, 5.41) is 15.6. The van der Waals surface area contributed by atoms with E-state index in [0.29, 0.717) is 40.4 Å². The van der Waals surface area contributed by atoms with Crippen LogP contribution in [0.25, 0.3) is 27.9 Å². The van der Waals surface area contributed by atoms with Crippen molar-refractivity contribution in [3.8, 4) is 17.0 Å². The fraction of sp³-hybridized carbons (Fsp3) is 0.0870. The highest BCUT2D eigenvalue weighted by Gasteiger charge is 2.16. The van der Waals surface area contributed by atoms with Crippen LogP contribution in [0.2, 0.25) is 0 Å². The normalized spacial score (nSPS) is 11.0. The Bertz CT molecular complexity index is 1520. The number of para-hydroxylation sites is 1. The van der Waals surface area contributed by atoms with Crippen LogP contribution in [0.15, 0.2) is 76.2 Å². The molecule has 5 rings (SSSR count). The first-order valence-electron chi connectivity index (χ1n) is 9.91. The molecule has 1 N–H and O–H groups in total. The van der Waals surface area contributed by atoms with Crippen LogP contribution in [-0.2, 0) is 0 Å². The maximum atomic E-state index is 12.8. The van der Waals surface area contributed by atoms with Crippen molar-refractivity contribution in [2.75, 3.05) is 11.9 Å². The van der Waals surface area contributed by atoms with E-state index in [4.69, 9.17) is 9.15 Å². The number of hydrogen-bond donors (Lipinski definition) is 1. The molecule has 0 fully saturated rings. The first-order chi connectivity index (χ1) is 15.6. The minimum Gasteiger partial charge on any atom is -0.490 e. The third kappa shape index (κ3) is 3.56. The first kappa shape index (κ1) is 19.4. The lowest BCUT2D eigenvalue weighted by molar-refractivity contribution is 0.102. The maximum absolute atomic E-state index is 12.8. The van der Waals surface area contributed by atoms with Gasteiger partial charge in [-0.3, -0.25) is 4.79 Å². The van der Waals surface area contributed by atoms with E-state index in [1.54, 1.807) is 47.0 Å². The summed E-state index contributed by atoms with van der Waals surface area (Å²) in [6.07, 6.45) is 1.51. The summed E-state index contributed by atoms with van der Waals surface area (Å²) in [6.45, 7) is 2.27. The van der Waals surface area contributed by atoms with Crippen LogP contribution in [0.5, 0.6) is 5.75 Å². The minimum absolute atomic E-state index is 0.0967. The van der Waals surface area contributed by atoms with Gasteiger partial charge in [0.25, 0.3) is 5.91 Å². The van der Waals surface area contributed by atoms with Crippen molar-refractivity contribution in [2.45, 2.75) is 6.92 Å². The number of nitrogens with zero attached hydrogens (tertiary/aromatic N) is 4. The number of rotatable bonds is 5. The van der Waals surface area contributed by atoms with E-state index in [1.807, 2.05) is 19.1 Å². The molecule has 3 aromatic heterocycles. The third-order valence-electron chi connectivity index (χ3n) is 4.85. The molecule has 9 heteroatoms. The summed E-state index contributed by atoms with van der Waals surface area (Å²) in [7, 11) is 0. The summed E-state index contributed by atoms with van der Waals surface area (Å²) >= 11 is 0. The van der Waals surface area contributed by atoms with Crippen LogP contribution >= 0.6 is 0 Å². The molecular formula is C23H17N5O4. The molecule has 0 aliphatic carbocycles. The average molecular weight is 427 g/mol. The molecular weight excluding hydrogens is 410 g/mol. The Kier molecular flexibility index (Phi) is 4.83. The van der Waals surface area contributed by atoms with Gasteiger partial charge in [0.05, 0.1) is 12.3 Å². The summed E-state index contributed by atoms with van der Waals surface area (Å²) in [4.78, 5) is 25.3. The number of carbonyl (C=O) groups excluding carboxylic acids is 1. The molecule has 3 heterocycles. The number of anilines is 1. The van der Waals surface area contributed by atoms with E-state index in [-0.39, 0.29) is 5.56 Å². The molecule has 0 saturated carbocycles. The summed E-state index contributed by atoms with van der Waals surface area (Å²) in [6, 6.07) is 17.5. The number of fused-ring (bicyclic) bond motifs is 2. The first-order valence-corrected chi connectivity index (χ1v) is 9.91.